The molecule has 6 heteroatoms. The van der Waals surface area contributed by atoms with E-state index in [0.717, 1.165) is 43.7 Å². The van der Waals surface area contributed by atoms with E-state index in [1.165, 1.54) is 34.4 Å². The summed E-state index contributed by atoms with van der Waals surface area (Å²) in [6.07, 6.45) is 1.95. The van der Waals surface area contributed by atoms with Gasteiger partial charge in [-0.1, -0.05) is 12.1 Å². The van der Waals surface area contributed by atoms with Gasteiger partial charge in [-0.25, -0.2) is 4.39 Å². The van der Waals surface area contributed by atoms with E-state index >= 15 is 0 Å². The summed E-state index contributed by atoms with van der Waals surface area (Å²) in [6.45, 7) is 4.61. The quantitative estimate of drug-likeness (QED) is 0.431. The fourth-order valence-electron chi connectivity index (χ4n) is 4.67. The average molecular weight is 452 g/mol. The molecule has 1 atom stereocenters. The molecule has 2 heterocycles. The maximum Gasteiger partial charge on any atom is 0.179 e. The van der Waals surface area contributed by atoms with Crippen molar-refractivity contribution in [2.75, 3.05) is 20.3 Å². The minimum atomic E-state index is -0.278. The average Bonchev–Trinajstić information content (AvgIpc) is 2.81. The molecule has 0 aromatic heterocycles. The van der Waals surface area contributed by atoms with Crippen LogP contribution in [-0.2, 0) is 19.4 Å². The SMILES string of the molecule is CCOc1ccc2c(c1)CCN1Cc3cc(OC)c(OSc4cccc(F)c4)cc3CC21. The van der Waals surface area contributed by atoms with E-state index in [1.807, 2.05) is 13.0 Å². The molecule has 2 aliphatic heterocycles. The standard InChI is InChI=1S/C26H26FNO3S/c1-3-30-21-7-8-23-17(11-21)9-10-28-16-19-14-25(29-2)26(13-18(19)12-24(23)28)31-32-22-6-4-5-20(27)15-22/h4-8,11,13-15,24H,3,9-10,12,16H2,1-2H3. The van der Waals surface area contributed by atoms with E-state index in [-0.39, 0.29) is 5.82 Å². The Labute approximate surface area is 192 Å². The van der Waals surface area contributed by atoms with Crippen LogP contribution in [0.5, 0.6) is 17.2 Å². The second kappa shape index (κ2) is 9.04. The third-order valence-electron chi connectivity index (χ3n) is 6.19. The van der Waals surface area contributed by atoms with E-state index < -0.39 is 0 Å². The first-order valence-electron chi connectivity index (χ1n) is 10.9. The summed E-state index contributed by atoms with van der Waals surface area (Å²) < 4.78 is 30.8. The highest BCUT2D eigenvalue weighted by molar-refractivity contribution is 7.95. The number of hydrogen-bond donors (Lipinski definition) is 0. The summed E-state index contributed by atoms with van der Waals surface area (Å²) in [6, 6.07) is 17.4. The Balaban J connectivity index is 1.41. The van der Waals surface area contributed by atoms with Gasteiger partial charge >= 0.3 is 0 Å². The molecule has 0 bridgehead atoms. The lowest BCUT2D eigenvalue weighted by Gasteiger charge is -2.41. The normalized spacial score (nSPS) is 17.2. The molecule has 0 saturated carbocycles. The predicted octanol–water partition coefficient (Wildman–Crippen LogP) is 5.97. The summed E-state index contributed by atoms with van der Waals surface area (Å²) in [5.41, 5.74) is 5.31. The third kappa shape index (κ3) is 4.17. The predicted molar refractivity (Wildman–Crippen MR) is 124 cm³/mol. The molecule has 0 N–H and O–H groups in total. The van der Waals surface area contributed by atoms with Crippen LogP contribution in [0.4, 0.5) is 4.39 Å². The Morgan fingerprint density at radius 1 is 1.03 bits per heavy atom. The van der Waals surface area contributed by atoms with Crippen LogP contribution in [0.15, 0.2) is 59.5 Å². The monoisotopic (exact) mass is 451 g/mol. The lowest BCUT2D eigenvalue weighted by molar-refractivity contribution is 0.160. The molecule has 0 radical (unpaired) electrons. The van der Waals surface area contributed by atoms with E-state index in [1.54, 1.807) is 13.2 Å². The number of fused-ring (bicyclic) bond motifs is 4. The van der Waals surface area contributed by atoms with Gasteiger partial charge in [-0.3, -0.25) is 4.90 Å². The van der Waals surface area contributed by atoms with Crippen LogP contribution >= 0.6 is 12.0 Å². The Hall–Kier alpha value is -2.70. The van der Waals surface area contributed by atoms with Gasteiger partial charge in [0, 0.05) is 19.1 Å². The molecule has 5 rings (SSSR count). The smallest absolute Gasteiger partial charge is 0.179 e. The molecular weight excluding hydrogens is 425 g/mol. The number of halogens is 1. The van der Waals surface area contributed by atoms with Crippen molar-refractivity contribution in [3.8, 4) is 17.2 Å². The van der Waals surface area contributed by atoms with Crippen molar-refractivity contribution in [1.82, 2.24) is 4.90 Å². The number of benzene rings is 3. The van der Waals surface area contributed by atoms with Gasteiger partial charge in [-0.05, 0) is 84.5 Å². The van der Waals surface area contributed by atoms with Gasteiger partial charge in [0.05, 0.1) is 30.7 Å². The molecule has 3 aromatic carbocycles. The first-order valence-corrected chi connectivity index (χ1v) is 11.7. The molecule has 3 aromatic rings. The van der Waals surface area contributed by atoms with Crippen LogP contribution in [0, 0.1) is 5.82 Å². The molecule has 0 amide bonds. The highest BCUT2D eigenvalue weighted by atomic mass is 32.2. The van der Waals surface area contributed by atoms with Crippen molar-refractivity contribution >= 4 is 12.0 Å². The lowest BCUT2D eigenvalue weighted by Crippen LogP contribution is -2.39. The largest absolute Gasteiger partial charge is 0.494 e. The number of ether oxygens (including phenoxy) is 2. The fourth-order valence-corrected chi connectivity index (χ4v) is 5.28. The maximum absolute atomic E-state index is 13.5. The zero-order valence-electron chi connectivity index (χ0n) is 18.3. The van der Waals surface area contributed by atoms with Gasteiger partial charge in [0.1, 0.15) is 11.6 Å². The summed E-state index contributed by atoms with van der Waals surface area (Å²) in [7, 11) is 1.65. The molecule has 2 aliphatic rings. The third-order valence-corrected chi connectivity index (χ3v) is 6.90. The first-order chi connectivity index (χ1) is 15.6. The highest BCUT2D eigenvalue weighted by Gasteiger charge is 2.33. The zero-order chi connectivity index (χ0) is 22.1. The van der Waals surface area contributed by atoms with Gasteiger partial charge < -0.3 is 13.7 Å². The second-order valence-corrected chi connectivity index (χ2v) is 8.93. The number of nitrogens with zero attached hydrogens (tertiary/aromatic N) is 1. The molecule has 1 unspecified atom stereocenters. The number of rotatable bonds is 6. The van der Waals surface area contributed by atoms with Gasteiger partial charge in [0.15, 0.2) is 11.5 Å². The van der Waals surface area contributed by atoms with Crippen LogP contribution in [0.3, 0.4) is 0 Å². The Morgan fingerprint density at radius 3 is 2.72 bits per heavy atom. The van der Waals surface area contributed by atoms with Crippen molar-refractivity contribution in [2.24, 2.45) is 0 Å². The van der Waals surface area contributed by atoms with E-state index in [2.05, 4.69) is 35.2 Å². The van der Waals surface area contributed by atoms with Crippen molar-refractivity contribution in [2.45, 2.75) is 37.2 Å². The summed E-state index contributed by atoms with van der Waals surface area (Å²) in [4.78, 5) is 3.26. The summed E-state index contributed by atoms with van der Waals surface area (Å²) >= 11 is 1.14. The van der Waals surface area contributed by atoms with Crippen molar-refractivity contribution < 1.29 is 18.0 Å². The minimum Gasteiger partial charge on any atom is -0.494 e. The highest BCUT2D eigenvalue weighted by Crippen LogP contribution is 2.43. The van der Waals surface area contributed by atoms with E-state index in [9.17, 15) is 4.39 Å². The van der Waals surface area contributed by atoms with Crippen molar-refractivity contribution in [3.63, 3.8) is 0 Å². The number of hydrogen-bond acceptors (Lipinski definition) is 5. The van der Waals surface area contributed by atoms with Crippen LogP contribution in [0.2, 0.25) is 0 Å². The fraction of sp³-hybridized carbons (Fsp3) is 0.308. The van der Waals surface area contributed by atoms with Crippen LogP contribution in [0.1, 0.15) is 35.2 Å². The van der Waals surface area contributed by atoms with Gasteiger partial charge in [-0.2, -0.15) is 0 Å². The molecule has 166 valence electrons. The van der Waals surface area contributed by atoms with Gasteiger partial charge in [-0.15, -0.1) is 0 Å². The maximum atomic E-state index is 13.5. The lowest BCUT2D eigenvalue weighted by atomic mass is 9.84. The topological polar surface area (TPSA) is 30.9 Å². The van der Waals surface area contributed by atoms with E-state index in [0.29, 0.717) is 29.0 Å². The molecule has 4 nitrogen and oxygen atoms in total. The molecule has 0 saturated heterocycles. The Kier molecular flexibility index (Phi) is 5.98. The molecule has 32 heavy (non-hydrogen) atoms. The van der Waals surface area contributed by atoms with Crippen LogP contribution < -0.4 is 13.7 Å². The number of methoxy groups -OCH3 is 1. The molecule has 0 fully saturated rings. The van der Waals surface area contributed by atoms with Gasteiger partial charge in [0.25, 0.3) is 0 Å². The summed E-state index contributed by atoms with van der Waals surface area (Å²) in [5.74, 6) is 2.03. The van der Waals surface area contributed by atoms with Crippen molar-refractivity contribution in [1.29, 1.82) is 0 Å². The first kappa shape index (κ1) is 21.2. The Morgan fingerprint density at radius 2 is 1.91 bits per heavy atom. The second-order valence-electron chi connectivity index (χ2n) is 8.13. The summed E-state index contributed by atoms with van der Waals surface area (Å²) in [5, 5.41) is 0. The van der Waals surface area contributed by atoms with E-state index in [4.69, 9.17) is 13.7 Å². The van der Waals surface area contributed by atoms with Crippen LogP contribution in [-0.4, -0.2) is 25.2 Å². The Bertz CT molecular complexity index is 1140. The van der Waals surface area contributed by atoms with Crippen molar-refractivity contribution in [3.05, 3.63) is 82.7 Å². The molecule has 0 spiro atoms. The zero-order valence-corrected chi connectivity index (χ0v) is 19.1. The minimum absolute atomic E-state index is 0.278. The van der Waals surface area contributed by atoms with Gasteiger partial charge in [0.2, 0.25) is 0 Å². The molecule has 0 aliphatic carbocycles. The molecular formula is C26H26FNO3S. The van der Waals surface area contributed by atoms with Crippen LogP contribution in [0.25, 0.3) is 0 Å².